The molecule has 0 spiro atoms. The van der Waals surface area contributed by atoms with Crippen LogP contribution in [0.3, 0.4) is 0 Å². The second-order valence-corrected chi connectivity index (χ2v) is 21.9. The van der Waals surface area contributed by atoms with Crippen molar-refractivity contribution in [3.63, 3.8) is 0 Å². The lowest BCUT2D eigenvalue weighted by Gasteiger charge is -2.21. The summed E-state index contributed by atoms with van der Waals surface area (Å²) in [6, 6.07) is 8.28. The van der Waals surface area contributed by atoms with E-state index in [1.54, 1.807) is 93.5 Å². The number of amides is 16. The van der Waals surface area contributed by atoms with E-state index in [2.05, 4.69) is 95.9 Å². The molecule has 0 radical (unpaired) electrons. The van der Waals surface area contributed by atoms with Gasteiger partial charge in [0.05, 0.1) is 0 Å². The van der Waals surface area contributed by atoms with Crippen molar-refractivity contribution in [2.75, 3.05) is 21.3 Å². The van der Waals surface area contributed by atoms with Gasteiger partial charge in [0.1, 0.15) is 46.9 Å². The molecule has 1 aliphatic heterocycles. The fraction of sp³-hybridized carbons (Fsp3) is 0.393. The lowest BCUT2D eigenvalue weighted by molar-refractivity contribution is -0.124. The standard InChI is InChI=1S/C56H74N18O12/c1-27(2)17-41-49(79)67-71-53(83)57-33-21-31(9)22-34(25-33)58-54(84)72-69-51(81)43(19-29(5)6)65-47(77)39-15-12-16-40(62-39)48(78)66-44(20-30(7)8)52(82)70-74-56(86)60-36-24-32(10)23-35(26-36)59-55(85)73-68-50(80)42(18-28(3)4)64-46(76)38-14-11-13-37(61-38)45(75)63-41/h11-16,21-30,41-44H,17-20H2,1-10H3,(H,63,75)(H,64,76)(H,65,77)(H,66,78)(H,67,79)(H,68,80)(H,69,81)(H,70,82)(H2,57,71,83)(H2,58,72,84)(H2,59,73,85)(H2,60,74,86)/t41-,42-,43-,44-/m0/s1. The van der Waals surface area contributed by atoms with Crippen molar-refractivity contribution in [2.45, 2.75) is 119 Å². The van der Waals surface area contributed by atoms with Crippen LogP contribution in [0.4, 0.5) is 41.9 Å². The zero-order valence-corrected chi connectivity index (χ0v) is 49.2. The molecule has 3 heterocycles. The number of aryl methyl sites for hydroxylation is 2. The van der Waals surface area contributed by atoms with Crippen molar-refractivity contribution < 1.29 is 57.5 Å². The Morgan fingerprint density at radius 1 is 0.326 bits per heavy atom. The van der Waals surface area contributed by atoms with Crippen molar-refractivity contribution in [3.05, 3.63) is 107 Å². The molecule has 2 aromatic carbocycles. The highest BCUT2D eigenvalue weighted by Crippen LogP contribution is 2.21. The van der Waals surface area contributed by atoms with Crippen LogP contribution in [0.1, 0.15) is 134 Å². The maximum Gasteiger partial charge on any atom is 0.337 e. The zero-order chi connectivity index (χ0) is 63.4. The first-order valence-electron chi connectivity index (χ1n) is 27.5. The van der Waals surface area contributed by atoms with E-state index in [-0.39, 0.29) is 94.9 Å². The van der Waals surface area contributed by atoms with Crippen LogP contribution in [0, 0.1) is 37.5 Å². The number of hydrogen-bond acceptors (Lipinski definition) is 14. The number of hydrazine groups is 4. The van der Waals surface area contributed by atoms with E-state index in [0.29, 0.717) is 11.1 Å². The summed E-state index contributed by atoms with van der Waals surface area (Å²) >= 11 is 0. The Bertz CT molecular complexity index is 2810. The smallest absolute Gasteiger partial charge is 0.337 e. The minimum atomic E-state index is -1.23. The van der Waals surface area contributed by atoms with Gasteiger partial charge >= 0.3 is 24.1 Å². The van der Waals surface area contributed by atoms with Crippen molar-refractivity contribution in [1.29, 1.82) is 0 Å². The van der Waals surface area contributed by atoms with Gasteiger partial charge < -0.3 is 42.5 Å². The molecule has 86 heavy (non-hydrogen) atoms. The summed E-state index contributed by atoms with van der Waals surface area (Å²) in [5.41, 5.74) is 18.7. The van der Waals surface area contributed by atoms with Crippen LogP contribution in [-0.4, -0.2) is 106 Å². The maximum atomic E-state index is 13.6. The van der Waals surface area contributed by atoms with E-state index in [9.17, 15) is 57.5 Å². The summed E-state index contributed by atoms with van der Waals surface area (Å²) in [7, 11) is 0. The third kappa shape index (κ3) is 21.7. The maximum absolute atomic E-state index is 13.6. The first-order chi connectivity index (χ1) is 40.6. The Labute approximate surface area is 495 Å². The number of aromatic nitrogens is 2. The van der Waals surface area contributed by atoms with Crippen LogP contribution < -0.4 is 85.9 Å². The summed E-state index contributed by atoms with van der Waals surface area (Å²) in [5.74, 6) is -7.31. The molecule has 460 valence electrons. The Kier molecular flexibility index (Phi) is 24.2. The van der Waals surface area contributed by atoms with Crippen LogP contribution in [0.5, 0.6) is 0 Å². The third-order valence-electron chi connectivity index (χ3n) is 12.1. The summed E-state index contributed by atoms with van der Waals surface area (Å²) in [6.07, 6.45) is 0.380. The number of nitrogens with one attached hydrogen (secondary N) is 16. The molecule has 0 unspecified atom stereocenters. The summed E-state index contributed by atoms with van der Waals surface area (Å²) in [5, 5.41) is 20.5. The molecule has 2 aromatic heterocycles. The Balaban J connectivity index is 1.38. The highest BCUT2D eigenvalue weighted by molar-refractivity contribution is 6.03. The van der Waals surface area contributed by atoms with Crippen LogP contribution in [0.15, 0.2) is 72.8 Å². The fourth-order valence-corrected chi connectivity index (χ4v) is 8.44. The van der Waals surface area contributed by atoms with Gasteiger partial charge in [0, 0.05) is 22.7 Å². The molecule has 0 saturated heterocycles. The third-order valence-corrected chi connectivity index (χ3v) is 12.1. The van der Waals surface area contributed by atoms with E-state index in [1.165, 1.54) is 48.5 Å². The van der Waals surface area contributed by atoms with Crippen molar-refractivity contribution in [2.24, 2.45) is 23.7 Å². The number of carbonyl (C=O) groups is 12. The fourth-order valence-electron chi connectivity index (χ4n) is 8.44. The van der Waals surface area contributed by atoms with Crippen molar-refractivity contribution in [3.8, 4) is 0 Å². The molecule has 0 fully saturated rings. The van der Waals surface area contributed by atoms with Crippen molar-refractivity contribution in [1.82, 2.24) is 74.6 Å². The van der Waals surface area contributed by atoms with Crippen LogP contribution in [0.25, 0.3) is 0 Å². The average molecular weight is 1190 g/mol. The number of anilines is 4. The normalized spacial score (nSPS) is 18.9. The Hall–Kier alpha value is -10.4. The van der Waals surface area contributed by atoms with Gasteiger partial charge in [-0.1, -0.05) is 67.5 Å². The van der Waals surface area contributed by atoms with Crippen LogP contribution in [0.2, 0.25) is 0 Å². The lowest BCUT2D eigenvalue weighted by atomic mass is 10.0. The number of benzene rings is 2. The van der Waals surface area contributed by atoms with Crippen LogP contribution in [-0.2, 0) is 19.2 Å². The Morgan fingerprint density at radius 3 is 0.733 bits per heavy atom. The molecule has 0 aliphatic carbocycles. The number of nitrogens with zero attached hydrogens (tertiary/aromatic N) is 2. The summed E-state index contributed by atoms with van der Waals surface area (Å²) in [4.78, 5) is 169. The molecule has 0 saturated carbocycles. The predicted octanol–water partition coefficient (Wildman–Crippen LogP) is 3.40. The molecule has 8 bridgehead atoms. The van der Waals surface area contributed by atoms with Gasteiger partial charge in [0.2, 0.25) is 0 Å². The molecule has 4 aromatic rings. The first kappa shape index (κ1) is 66.4. The van der Waals surface area contributed by atoms with Gasteiger partial charge in [-0.15, -0.1) is 0 Å². The van der Waals surface area contributed by atoms with E-state index in [4.69, 9.17) is 0 Å². The molecule has 5 rings (SSSR count). The van der Waals surface area contributed by atoms with E-state index in [0.717, 1.165) is 0 Å². The SMILES string of the molecule is Cc1cc2cc(c1)NC(=O)NNC(=O)[C@H](CC(C)C)NC(=O)c1cccc(n1)C(=O)N[C@@H](CC(C)C)C(=O)NNC(=O)Nc1cc(C)cc(c1)NC(=O)NNC(=O)[C@H](CC(C)C)NC(=O)c1cccc(n1)C(=O)N[C@@H](CC(C)C)C(=O)NNC(=O)N2. The predicted molar refractivity (Wildman–Crippen MR) is 315 cm³/mol. The van der Waals surface area contributed by atoms with Gasteiger partial charge in [-0.3, -0.25) is 60.1 Å². The number of pyridine rings is 2. The Morgan fingerprint density at radius 2 is 0.535 bits per heavy atom. The summed E-state index contributed by atoms with van der Waals surface area (Å²) in [6.45, 7) is 17.7. The molecule has 16 amide bonds. The van der Waals surface area contributed by atoms with Gasteiger partial charge in [0.25, 0.3) is 47.3 Å². The second kappa shape index (κ2) is 31.3. The molecule has 30 nitrogen and oxygen atoms in total. The van der Waals surface area contributed by atoms with Gasteiger partial charge in [-0.05, 0) is 135 Å². The van der Waals surface area contributed by atoms with E-state index in [1.807, 2.05) is 0 Å². The first-order valence-corrected chi connectivity index (χ1v) is 27.5. The van der Waals surface area contributed by atoms with Crippen LogP contribution >= 0.6 is 0 Å². The van der Waals surface area contributed by atoms with Gasteiger partial charge in [0.15, 0.2) is 0 Å². The largest absolute Gasteiger partial charge is 0.339 e. The quantitative estimate of drug-likeness (QED) is 0.120. The highest BCUT2D eigenvalue weighted by atomic mass is 16.2. The van der Waals surface area contributed by atoms with E-state index < -0.39 is 95.5 Å². The lowest BCUT2D eigenvalue weighted by Crippen LogP contribution is -2.54. The minimum absolute atomic E-state index is 0.0951. The monoisotopic (exact) mass is 1190 g/mol. The van der Waals surface area contributed by atoms with Gasteiger partial charge in [-0.25, -0.2) is 50.8 Å². The molecule has 4 atom stereocenters. The van der Waals surface area contributed by atoms with Gasteiger partial charge in [-0.2, -0.15) is 0 Å². The molecule has 16 N–H and O–H groups in total. The molecular weight excluding hydrogens is 1120 g/mol. The second-order valence-electron chi connectivity index (χ2n) is 21.9. The molecule has 30 heteroatoms. The number of carbonyl (C=O) groups excluding carboxylic acids is 12. The minimum Gasteiger partial charge on any atom is -0.339 e. The van der Waals surface area contributed by atoms with E-state index >= 15 is 0 Å². The number of rotatable bonds is 8. The number of fused-ring (bicyclic) bond motifs is 8. The number of hydrogen-bond donors (Lipinski definition) is 16. The topological polar surface area (TPSA) is 423 Å². The average Bonchev–Trinajstić information content (AvgIpc) is 3.53. The highest BCUT2D eigenvalue weighted by Gasteiger charge is 2.29. The number of urea groups is 4. The zero-order valence-electron chi connectivity index (χ0n) is 49.2. The molecular formula is C56H74N18O12. The molecule has 1 aliphatic rings. The van der Waals surface area contributed by atoms with Crippen molar-refractivity contribution >= 4 is 94.1 Å². The summed E-state index contributed by atoms with van der Waals surface area (Å²) < 4.78 is 0.